The zero-order chi connectivity index (χ0) is 34.9. The van der Waals surface area contributed by atoms with Crippen molar-refractivity contribution < 1.29 is 28.1 Å². The Morgan fingerprint density at radius 1 is 1.04 bits per heavy atom. The number of phenolic OH excluding ortho intramolecular Hbond substituents is 1. The van der Waals surface area contributed by atoms with E-state index in [0.29, 0.717) is 36.3 Å². The van der Waals surface area contributed by atoms with Crippen LogP contribution < -0.4 is 19.7 Å². The third kappa shape index (κ3) is 5.89. The van der Waals surface area contributed by atoms with E-state index in [0.717, 1.165) is 70.4 Å². The van der Waals surface area contributed by atoms with E-state index in [9.17, 15) is 5.11 Å². The van der Waals surface area contributed by atoms with Crippen LogP contribution in [0.15, 0.2) is 24.3 Å². The fourth-order valence-electron chi connectivity index (χ4n) is 8.94. The summed E-state index contributed by atoms with van der Waals surface area (Å²) < 4.78 is 50.1. The minimum Gasteiger partial charge on any atom is -0.508 e. The molecule has 266 valence electrons. The molecule has 0 radical (unpaired) electrons. The number of anilines is 1. The fourth-order valence-corrected chi connectivity index (χ4v) is 8.94. The van der Waals surface area contributed by atoms with Crippen molar-refractivity contribution in [3.05, 3.63) is 41.5 Å². The quantitative estimate of drug-likeness (QED) is 0.237. The first kappa shape index (κ1) is 32.6. The van der Waals surface area contributed by atoms with E-state index in [-0.39, 0.29) is 62.9 Å². The van der Waals surface area contributed by atoms with Gasteiger partial charge in [0.25, 0.3) is 0 Å². The number of pyridine rings is 1. The first-order valence-electron chi connectivity index (χ1n) is 18.1. The molecule has 10 nitrogen and oxygen atoms in total. The lowest BCUT2D eigenvalue weighted by atomic mass is 9.69. The lowest BCUT2D eigenvalue weighted by molar-refractivity contribution is 0.0231. The van der Waals surface area contributed by atoms with Gasteiger partial charge in [0.1, 0.15) is 34.0 Å². The average molecular weight is 697 g/mol. The third-order valence-corrected chi connectivity index (χ3v) is 11.9. The van der Waals surface area contributed by atoms with Gasteiger partial charge in [0, 0.05) is 61.2 Å². The second kappa shape index (κ2) is 12.7. The van der Waals surface area contributed by atoms with Gasteiger partial charge < -0.3 is 29.5 Å². The predicted molar refractivity (Wildman–Crippen MR) is 189 cm³/mol. The van der Waals surface area contributed by atoms with Crippen LogP contribution in [0.3, 0.4) is 0 Å². The second-order valence-corrected chi connectivity index (χ2v) is 15.2. The molecule has 2 N–H and O–H groups in total. The SMILES string of the molecule is C#Cc1c(F)ccc2cc(O)cc(-c3nc(OC)c4c(N5CC6CC7CCC7CC(C5)N6)nc(OCC5(CN6CCOCC6)CC5)nc4c3F)c12. The van der Waals surface area contributed by atoms with Crippen molar-refractivity contribution in [1.29, 1.82) is 0 Å². The molecule has 3 aliphatic heterocycles. The second-order valence-electron chi connectivity index (χ2n) is 15.2. The Balaban J connectivity index is 1.17. The summed E-state index contributed by atoms with van der Waals surface area (Å²) in [7, 11) is 1.47. The maximum Gasteiger partial charge on any atom is 0.319 e. The van der Waals surface area contributed by atoms with Gasteiger partial charge in [-0.2, -0.15) is 9.97 Å². The molecule has 12 heteroatoms. The molecule has 2 aromatic carbocycles. The van der Waals surface area contributed by atoms with E-state index < -0.39 is 11.6 Å². The highest BCUT2D eigenvalue weighted by Gasteiger charge is 2.46. The van der Waals surface area contributed by atoms with E-state index in [1.807, 2.05) is 0 Å². The Bertz CT molecular complexity index is 2040. The fraction of sp³-hybridized carbons (Fsp3) is 0.513. The van der Waals surface area contributed by atoms with Gasteiger partial charge in [-0.25, -0.2) is 13.8 Å². The first-order valence-corrected chi connectivity index (χ1v) is 18.1. The van der Waals surface area contributed by atoms with Gasteiger partial charge in [0.15, 0.2) is 5.82 Å². The minimum absolute atomic E-state index is 0.0189. The highest BCUT2D eigenvalue weighted by Crippen LogP contribution is 2.48. The molecule has 4 unspecified atom stereocenters. The maximum absolute atomic E-state index is 17.3. The number of fused-ring (bicyclic) bond motifs is 5. The predicted octanol–water partition coefficient (Wildman–Crippen LogP) is 5.28. The summed E-state index contributed by atoms with van der Waals surface area (Å²) in [5.74, 6) is 2.97. The molecule has 5 aliphatic rings. The topological polar surface area (TPSA) is 105 Å². The van der Waals surface area contributed by atoms with E-state index in [2.05, 4.69) is 26.0 Å². The van der Waals surface area contributed by atoms with Gasteiger partial charge >= 0.3 is 6.01 Å². The first-order chi connectivity index (χ1) is 24.8. The smallest absolute Gasteiger partial charge is 0.319 e. The number of hydrogen-bond acceptors (Lipinski definition) is 10. The van der Waals surface area contributed by atoms with Crippen LogP contribution in [-0.4, -0.2) is 96.7 Å². The molecule has 9 rings (SSSR count). The minimum atomic E-state index is -0.765. The van der Waals surface area contributed by atoms with Crippen LogP contribution in [0.2, 0.25) is 0 Å². The average Bonchev–Trinajstić information content (AvgIpc) is 3.91. The van der Waals surface area contributed by atoms with Crippen LogP contribution in [0, 0.1) is 41.2 Å². The standard InChI is InChI=1S/C39H42F2N6O4/c1-3-28-30(40)7-6-24-16-27(48)17-29(31(24)28)34-33(41)35-32(37(43-34)49-2)36(47-18-25-14-22-4-5-23(22)15-26(19-47)42-25)45-38(44-35)51-21-39(8-9-39)20-46-10-12-50-13-11-46/h1,6-7,16-17,22-23,25-26,42,48H,4-5,8-15,18-21H2,2H3. The lowest BCUT2D eigenvalue weighted by Crippen LogP contribution is -2.56. The molecule has 2 saturated carbocycles. The molecule has 3 saturated heterocycles. The lowest BCUT2D eigenvalue weighted by Gasteiger charge is -2.39. The monoisotopic (exact) mass is 696 g/mol. The van der Waals surface area contributed by atoms with Gasteiger partial charge in [-0.1, -0.05) is 12.0 Å². The summed E-state index contributed by atoms with van der Waals surface area (Å²) in [5.41, 5.74) is -0.137. The Hall–Kier alpha value is -4.31. The number of hydrogen-bond donors (Lipinski definition) is 2. The Kier molecular flexibility index (Phi) is 8.13. The van der Waals surface area contributed by atoms with Crippen molar-refractivity contribution in [1.82, 2.24) is 25.2 Å². The number of halogens is 2. The van der Waals surface area contributed by atoms with Crippen LogP contribution in [0.5, 0.6) is 17.6 Å². The molecule has 5 heterocycles. The number of aromatic nitrogens is 3. The zero-order valence-corrected chi connectivity index (χ0v) is 28.8. The van der Waals surface area contributed by atoms with Crippen LogP contribution >= 0.6 is 0 Å². The molecular formula is C39H42F2N6O4. The summed E-state index contributed by atoms with van der Waals surface area (Å²) in [6.45, 7) is 5.93. The van der Waals surface area contributed by atoms with Crippen molar-refractivity contribution in [2.75, 3.05) is 64.6 Å². The zero-order valence-electron chi connectivity index (χ0n) is 28.8. The number of phenols is 1. The number of methoxy groups -OCH3 is 1. The molecule has 51 heavy (non-hydrogen) atoms. The summed E-state index contributed by atoms with van der Waals surface area (Å²) in [6.07, 6.45) is 12.6. The molecule has 5 fully saturated rings. The summed E-state index contributed by atoms with van der Waals surface area (Å²) in [4.78, 5) is 19.0. The van der Waals surface area contributed by atoms with Gasteiger partial charge in [-0.3, -0.25) is 4.90 Å². The van der Waals surface area contributed by atoms with Crippen molar-refractivity contribution in [3.63, 3.8) is 0 Å². The number of terminal acetylenes is 1. The van der Waals surface area contributed by atoms with Crippen LogP contribution in [0.4, 0.5) is 14.6 Å². The number of benzene rings is 2. The van der Waals surface area contributed by atoms with E-state index in [4.69, 9.17) is 30.6 Å². The van der Waals surface area contributed by atoms with Gasteiger partial charge in [-0.15, -0.1) is 6.42 Å². The number of aromatic hydroxyl groups is 1. The largest absolute Gasteiger partial charge is 0.508 e. The van der Waals surface area contributed by atoms with E-state index >= 15 is 8.78 Å². The third-order valence-electron chi connectivity index (χ3n) is 11.9. The van der Waals surface area contributed by atoms with Crippen LogP contribution in [0.25, 0.3) is 32.9 Å². The Labute approximate surface area is 295 Å². The molecule has 2 bridgehead atoms. The highest BCUT2D eigenvalue weighted by atomic mass is 19.1. The number of morpholine rings is 1. The van der Waals surface area contributed by atoms with Crippen molar-refractivity contribution in [2.24, 2.45) is 17.3 Å². The van der Waals surface area contributed by atoms with Crippen molar-refractivity contribution in [3.8, 4) is 41.2 Å². The van der Waals surface area contributed by atoms with Crippen molar-refractivity contribution in [2.45, 2.75) is 50.6 Å². The number of nitrogens with zero attached hydrogens (tertiary/aromatic N) is 5. The number of rotatable bonds is 8. The van der Waals surface area contributed by atoms with Gasteiger partial charge in [-0.05, 0) is 73.9 Å². The maximum atomic E-state index is 17.3. The Morgan fingerprint density at radius 2 is 1.78 bits per heavy atom. The van der Waals surface area contributed by atoms with E-state index in [1.54, 1.807) is 0 Å². The normalized spacial score (nSPS) is 25.5. The number of ether oxygens (including phenoxy) is 3. The molecule has 4 aromatic rings. The molecule has 0 amide bonds. The van der Waals surface area contributed by atoms with Crippen molar-refractivity contribution >= 4 is 27.5 Å². The van der Waals surface area contributed by atoms with Crippen LogP contribution in [-0.2, 0) is 4.74 Å². The van der Waals surface area contributed by atoms with Gasteiger partial charge in [0.05, 0.1) is 32.5 Å². The van der Waals surface area contributed by atoms with E-state index in [1.165, 1.54) is 44.2 Å². The molecule has 0 spiro atoms. The Morgan fingerprint density at radius 3 is 2.45 bits per heavy atom. The molecule has 4 atom stereocenters. The highest BCUT2D eigenvalue weighted by molar-refractivity contribution is 6.04. The molecule has 2 aromatic heterocycles. The molecule has 2 aliphatic carbocycles. The number of nitrogens with one attached hydrogen (secondary N) is 1. The van der Waals surface area contributed by atoms with Gasteiger partial charge in [0.2, 0.25) is 5.88 Å². The van der Waals surface area contributed by atoms with Crippen LogP contribution in [0.1, 0.15) is 44.1 Å². The summed E-state index contributed by atoms with van der Waals surface area (Å²) in [5, 5.41) is 15.6. The summed E-state index contributed by atoms with van der Waals surface area (Å²) >= 11 is 0. The summed E-state index contributed by atoms with van der Waals surface area (Å²) in [6, 6.07) is 6.17. The molecular weight excluding hydrogens is 654 g/mol. The number of piperazine rings is 1.